The van der Waals surface area contributed by atoms with Crippen LogP contribution in [0.15, 0.2) is 53.4 Å². The number of nitrogens with zero attached hydrogens (tertiary/aromatic N) is 1. The zero-order chi connectivity index (χ0) is 15.9. The van der Waals surface area contributed by atoms with E-state index >= 15 is 0 Å². The van der Waals surface area contributed by atoms with Gasteiger partial charge in [0.05, 0.1) is 10.9 Å². The molecule has 0 aromatic heterocycles. The van der Waals surface area contributed by atoms with E-state index in [9.17, 15) is 8.42 Å². The second kappa shape index (κ2) is 5.54. The van der Waals surface area contributed by atoms with Crippen LogP contribution in [0.25, 0.3) is 0 Å². The summed E-state index contributed by atoms with van der Waals surface area (Å²) in [6, 6.07) is 14.5. The summed E-state index contributed by atoms with van der Waals surface area (Å²) in [7, 11) is -3.54. The molecule has 1 fully saturated rings. The van der Waals surface area contributed by atoms with Crippen LogP contribution in [0.3, 0.4) is 0 Å². The largest absolute Gasteiger partial charge is 0.486 e. The van der Waals surface area contributed by atoms with Crippen molar-refractivity contribution in [2.45, 2.75) is 17.4 Å². The monoisotopic (exact) mass is 331 g/mol. The molecule has 1 saturated heterocycles. The van der Waals surface area contributed by atoms with Gasteiger partial charge in [-0.25, -0.2) is 8.42 Å². The van der Waals surface area contributed by atoms with Crippen molar-refractivity contribution in [1.82, 2.24) is 4.31 Å². The molecule has 0 unspecified atom stereocenters. The van der Waals surface area contributed by atoms with Crippen molar-refractivity contribution < 1.29 is 17.9 Å². The van der Waals surface area contributed by atoms with Gasteiger partial charge in [0.25, 0.3) is 0 Å². The molecule has 0 aliphatic carbocycles. The van der Waals surface area contributed by atoms with Crippen molar-refractivity contribution in [1.29, 1.82) is 0 Å². The lowest BCUT2D eigenvalue weighted by Gasteiger charge is -2.40. The first-order valence-corrected chi connectivity index (χ1v) is 9.07. The Hall–Kier alpha value is -2.05. The van der Waals surface area contributed by atoms with Crippen LogP contribution in [0.4, 0.5) is 0 Å². The zero-order valence-electron chi connectivity index (χ0n) is 12.5. The topological polar surface area (TPSA) is 55.8 Å². The number of sulfonamides is 1. The van der Waals surface area contributed by atoms with Gasteiger partial charge in [-0.1, -0.05) is 30.3 Å². The summed E-state index contributed by atoms with van der Waals surface area (Å²) in [6.07, 6.45) is 0.841. The molecule has 2 aliphatic rings. The summed E-state index contributed by atoms with van der Waals surface area (Å²) >= 11 is 0. The quantitative estimate of drug-likeness (QED) is 0.867. The highest BCUT2D eigenvalue weighted by molar-refractivity contribution is 7.89. The van der Waals surface area contributed by atoms with Crippen LogP contribution in [0.5, 0.6) is 11.5 Å². The van der Waals surface area contributed by atoms with Gasteiger partial charge in [-0.15, -0.1) is 0 Å². The van der Waals surface area contributed by atoms with Crippen LogP contribution >= 0.6 is 0 Å². The Morgan fingerprint density at radius 3 is 2.39 bits per heavy atom. The average molecular weight is 331 g/mol. The molecular formula is C17H17NO4S. The van der Waals surface area contributed by atoms with Gasteiger partial charge in [-0.3, -0.25) is 0 Å². The molecule has 2 aromatic carbocycles. The Balaban J connectivity index is 1.65. The molecule has 0 saturated carbocycles. The van der Waals surface area contributed by atoms with Crippen molar-refractivity contribution in [2.75, 3.05) is 19.8 Å². The predicted octanol–water partition coefficient (Wildman–Crippen LogP) is 2.59. The number of hydrogen-bond donors (Lipinski definition) is 0. The normalized spacial score (nSPS) is 20.8. The summed E-state index contributed by atoms with van der Waals surface area (Å²) in [5.74, 6) is 1.09. The Kier molecular flexibility index (Phi) is 3.50. The summed E-state index contributed by atoms with van der Waals surface area (Å²) < 4.78 is 38.3. The van der Waals surface area contributed by atoms with E-state index in [1.54, 1.807) is 22.5 Å². The lowest BCUT2D eigenvalue weighted by atomic mass is 9.98. The minimum atomic E-state index is -3.54. The highest BCUT2D eigenvalue weighted by Crippen LogP contribution is 2.40. The Morgan fingerprint density at radius 1 is 0.957 bits per heavy atom. The fourth-order valence-electron chi connectivity index (χ4n) is 2.98. The van der Waals surface area contributed by atoms with Crippen LogP contribution < -0.4 is 9.47 Å². The highest BCUT2D eigenvalue weighted by Gasteiger charge is 2.39. The van der Waals surface area contributed by atoms with Crippen molar-refractivity contribution in [3.8, 4) is 11.5 Å². The Bertz CT molecular complexity index is 820. The molecule has 1 atom stereocenters. The second-order valence-corrected chi connectivity index (χ2v) is 7.53. The maximum atomic E-state index is 12.9. The third kappa shape index (κ3) is 2.48. The number of benzene rings is 2. The molecule has 0 radical (unpaired) electrons. The zero-order valence-corrected chi connectivity index (χ0v) is 13.3. The van der Waals surface area contributed by atoms with Gasteiger partial charge in [-0.2, -0.15) is 4.31 Å². The summed E-state index contributed by atoms with van der Waals surface area (Å²) in [4.78, 5) is 0.252. The first kappa shape index (κ1) is 14.5. The van der Waals surface area contributed by atoms with E-state index in [4.69, 9.17) is 9.47 Å². The summed E-state index contributed by atoms with van der Waals surface area (Å²) in [5.41, 5.74) is 1.03. The van der Waals surface area contributed by atoms with Crippen molar-refractivity contribution in [3.63, 3.8) is 0 Å². The number of ether oxygens (including phenoxy) is 2. The fraction of sp³-hybridized carbons (Fsp3) is 0.294. The predicted molar refractivity (Wildman–Crippen MR) is 85.1 cm³/mol. The maximum absolute atomic E-state index is 12.9. The van der Waals surface area contributed by atoms with Gasteiger partial charge in [0.15, 0.2) is 11.5 Å². The second-order valence-electron chi connectivity index (χ2n) is 5.64. The average Bonchev–Trinajstić information content (AvgIpc) is 2.54. The number of rotatable bonds is 3. The van der Waals surface area contributed by atoms with E-state index in [1.165, 1.54) is 0 Å². The summed E-state index contributed by atoms with van der Waals surface area (Å²) in [6.45, 7) is 1.46. The van der Waals surface area contributed by atoms with Gasteiger partial charge in [0.1, 0.15) is 13.2 Å². The van der Waals surface area contributed by atoms with E-state index in [0.717, 1.165) is 12.0 Å². The maximum Gasteiger partial charge on any atom is 0.243 e. The standard InChI is InChI=1S/C17H17NO4S/c19-23(20,14-6-7-16-17(12-14)22-11-10-21-16)18-9-8-15(18)13-4-2-1-3-5-13/h1-7,12,15H,8-11H2/t15-/m0/s1. The van der Waals surface area contributed by atoms with Crippen LogP contribution in [-0.2, 0) is 10.0 Å². The van der Waals surface area contributed by atoms with Crippen molar-refractivity contribution >= 4 is 10.0 Å². The molecule has 6 heteroatoms. The van der Waals surface area contributed by atoms with E-state index in [2.05, 4.69) is 0 Å². The molecule has 0 bridgehead atoms. The molecule has 2 aromatic rings. The lowest BCUT2D eigenvalue weighted by Crippen LogP contribution is -2.44. The first-order chi connectivity index (χ1) is 11.2. The molecular weight excluding hydrogens is 314 g/mol. The van der Waals surface area contributed by atoms with Gasteiger partial charge in [0, 0.05) is 12.6 Å². The smallest absolute Gasteiger partial charge is 0.243 e. The van der Waals surface area contributed by atoms with E-state index in [-0.39, 0.29) is 10.9 Å². The Labute approximate surface area is 135 Å². The van der Waals surface area contributed by atoms with Crippen LogP contribution in [-0.4, -0.2) is 32.5 Å². The van der Waals surface area contributed by atoms with Gasteiger partial charge in [-0.05, 0) is 24.1 Å². The van der Waals surface area contributed by atoms with E-state index in [1.807, 2.05) is 30.3 Å². The lowest BCUT2D eigenvalue weighted by molar-refractivity contribution is 0.170. The molecule has 2 heterocycles. The molecule has 4 rings (SSSR count). The number of fused-ring (bicyclic) bond motifs is 1. The minimum Gasteiger partial charge on any atom is -0.486 e. The van der Waals surface area contributed by atoms with E-state index < -0.39 is 10.0 Å². The van der Waals surface area contributed by atoms with Crippen LogP contribution in [0, 0.1) is 0 Å². The SMILES string of the molecule is O=S(=O)(c1ccc2c(c1)OCCO2)N1CC[C@H]1c1ccccc1. The van der Waals surface area contributed by atoms with Crippen molar-refractivity contribution in [2.24, 2.45) is 0 Å². The molecule has 2 aliphatic heterocycles. The van der Waals surface area contributed by atoms with Crippen LogP contribution in [0.1, 0.15) is 18.0 Å². The molecule has 0 N–H and O–H groups in total. The summed E-state index contributed by atoms with van der Waals surface area (Å²) in [5, 5.41) is 0. The Morgan fingerprint density at radius 2 is 1.70 bits per heavy atom. The van der Waals surface area contributed by atoms with Gasteiger partial charge < -0.3 is 9.47 Å². The fourth-order valence-corrected chi connectivity index (χ4v) is 4.65. The molecule has 0 amide bonds. The third-order valence-corrected chi connectivity index (χ3v) is 6.18. The molecule has 5 nitrogen and oxygen atoms in total. The van der Waals surface area contributed by atoms with Gasteiger partial charge >= 0.3 is 0 Å². The van der Waals surface area contributed by atoms with Crippen LogP contribution in [0.2, 0.25) is 0 Å². The third-order valence-electron chi connectivity index (χ3n) is 4.28. The van der Waals surface area contributed by atoms with E-state index in [0.29, 0.717) is 31.3 Å². The van der Waals surface area contributed by atoms with Gasteiger partial charge in [0.2, 0.25) is 10.0 Å². The molecule has 0 spiro atoms. The molecule has 23 heavy (non-hydrogen) atoms. The first-order valence-electron chi connectivity index (χ1n) is 7.63. The van der Waals surface area contributed by atoms with Crippen molar-refractivity contribution in [3.05, 3.63) is 54.1 Å². The number of hydrogen-bond acceptors (Lipinski definition) is 4. The highest BCUT2D eigenvalue weighted by atomic mass is 32.2. The molecule has 120 valence electrons. The minimum absolute atomic E-state index is 0.0885.